The van der Waals surface area contributed by atoms with E-state index in [1.807, 2.05) is 25.1 Å². The molecule has 5 N–H and O–H groups in total. The number of ether oxygens (including phenoxy) is 2. The molecule has 0 radical (unpaired) electrons. The molecule has 0 saturated heterocycles. The zero-order valence-corrected chi connectivity index (χ0v) is 13.7. The number of benzene rings is 1. The molecule has 0 unspecified atom stereocenters. The minimum absolute atomic E-state index is 0.142. The van der Waals surface area contributed by atoms with Crippen LogP contribution in [-0.4, -0.2) is 28.2 Å². The molecule has 0 spiro atoms. The number of carbonyl (C=O) groups excluding carboxylic acids is 1. The summed E-state index contributed by atoms with van der Waals surface area (Å²) in [5, 5.41) is 0. The Labute approximate surface area is 143 Å². The van der Waals surface area contributed by atoms with Gasteiger partial charge in [-0.1, -0.05) is 12.1 Å². The van der Waals surface area contributed by atoms with E-state index in [1.165, 1.54) is 0 Å². The first-order valence-electron chi connectivity index (χ1n) is 7.42. The molecular weight excluding hydrogens is 322 g/mol. The zero-order valence-electron chi connectivity index (χ0n) is 13.7. The number of aromatic nitrogens is 3. The van der Waals surface area contributed by atoms with Crippen LogP contribution in [0.5, 0.6) is 11.5 Å². The number of primary amides is 1. The first kappa shape index (κ1) is 16.3. The topological polar surface area (TPSA) is 129 Å². The van der Waals surface area contributed by atoms with Gasteiger partial charge in [-0.3, -0.25) is 0 Å². The number of H-pyrrole nitrogens is 1. The molecule has 8 nitrogen and oxygen atoms in total. The number of methoxy groups -OCH3 is 1. The van der Waals surface area contributed by atoms with E-state index in [9.17, 15) is 4.79 Å². The molecule has 128 valence electrons. The van der Waals surface area contributed by atoms with E-state index in [4.69, 9.17) is 20.9 Å². The summed E-state index contributed by atoms with van der Waals surface area (Å²) in [6.07, 6.45) is 0.637. The van der Waals surface area contributed by atoms with E-state index in [1.54, 1.807) is 25.4 Å². The largest absolute Gasteiger partial charge is 0.496 e. The van der Waals surface area contributed by atoms with Gasteiger partial charge >= 0.3 is 6.09 Å². The van der Waals surface area contributed by atoms with E-state index in [-0.39, 0.29) is 11.7 Å². The summed E-state index contributed by atoms with van der Waals surface area (Å²) in [5.41, 5.74) is 14.3. The molecule has 25 heavy (non-hydrogen) atoms. The third kappa shape index (κ3) is 3.23. The van der Waals surface area contributed by atoms with Gasteiger partial charge in [0, 0.05) is 23.4 Å². The van der Waals surface area contributed by atoms with Gasteiger partial charge in [0.05, 0.1) is 24.2 Å². The fourth-order valence-corrected chi connectivity index (χ4v) is 2.59. The molecule has 0 aliphatic heterocycles. The maximum absolute atomic E-state index is 11.3. The minimum Gasteiger partial charge on any atom is -0.496 e. The van der Waals surface area contributed by atoms with Crippen LogP contribution in [0.1, 0.15) is 5.56 Å². The molecule has 0 bridgehead atoms. The average molecular weight is 339 g/mol. The Morgan fingerprint density at radius 2 is 2.04 bits per heavy atom. The van der Waals surface area contributed by atoms with E-state index in [0.717, 1.165) is 11.1 Å². The predicted octanol–water partition coefficient (Wildman–Crippen LogP) is 2.50. The Morgan fingerprint density at radius 3 is 2.72 bits per heavy atom. The Balaban J connectivity index is 2.17. The van der Waals surface area contributed by atoms with Crippen molar-refractivity contribution in [3.8, 4) is 34.1 Å². The number of nitrogen functional groups attached to an aromatic ring is 1. The highest BCUT2D eigenvalue weighted by Crippen LogP contribution is 2.38. The number of nitrogens with zero attached hydrogens (tertiary/aromatic N) is 2. The smallest absolute Gasteiger partial charge is 0.410 e. The summed E-state index contributed by atoms with van der Waals surface area (Å²) in [7, 11) is 1.59. The highest BCUT2D eigenvalue weighted by Gasteiger charge is 2.18. The lowest BCUT2D eigenvalue weighted by atomic mass is 10.0. The van der Waals surface area contributed by atoms with Gasteiger partial charge in [0.1, 0.15) is 5.75 Å². The Kier molecular flexibility index (Phi) is 4.25. The van der Waals surface area contributed by atoms with Gasteiger partial charge in [-0.2, -0.15) is 0 Å². The maximum Gasteiger partial charge on any atom is 0.410 e. The van der Waals surface area contributed by atoms with Crippen LogP contribution < -0.4 is 20.9 Å². The van der Waals surface area contributed by atoms with E-state index < -0.39 is 6.09 Å². The molecule has 3 aromatic rings. The molecule has 3 rings (SSSR count). The summed E-state index contributed by atoms with van der Waals surface area (Å²) in [4.78, 5) is 22.5. The van der Waals surface area contributed by atoms with Crippen LogP contribution in [0.2, 0.25) is 0 Å². The quantitative estimate of drug-likeness (QED) is 0.669. The first-order valence-corrected chi connectivity index (χ1v) is 7.42. The SMILES string of the molecule is COc1cccc(-c2[nH]c(-c3ccnc(N)n3)cc2OC(N)=O)c1C. The average Bonchev–Trinajstić information content (AvgIpc) is 2.98. The molecule has 2 aromatic heterocycles. The summed E-state index contributed by atoms with van der Waals surface area (Å²) >= 11 is 0. The van der Waals surface area contributed by atoms with Crippen molar-refractivity contribution in [1.29, 1.82) is 0 Å². The van der Waals surface area contributed by atoms with Crippen molar-refractivity contribution >= 4 is 12.0 Å². The zero-order chi connectivity index (χ0) is 18.0. The fourth-order valence-electron chi connectivity index (χ4n) is 2.59. The second-order valence-electron chi connectivity index (χ2n) is 5.28. The number of hydrogen-bond donors (Lipinski definition) is 3. The van der Waals surface area contributed by atoms with Crippen LogP contribution in [0.25, 0.3) is 22.6 Å². The van der Waals surface area contributed by atoms with Crippen molar-refractivity contribution in [2.24, 2.45) is 5.73 Å². The Morgan fingerprint density at radius 1 is 1.24 bits per heavy atom. The lowest BCUT2D eigenvalue weighted by molar-refractivity contribution is 0.211. The summed E-state index contributed by atoms with van der Waals surface area (Å²) in [6, 6.07) is 8.91. The number of amides is 1. The summed E-state index contributed by atoms with van der Waals surface area (Å²) < 4.78 is 10.5. The van der Waals surface area contributed by atoms with E-state index in [0.29, 0.717) is 22.8 Å². The summed E-state index contributed by atoms with van der Waals surface area (Å²) in [6.45, 7) is 1.91. The van der Waals surface area contributed by atoms with Gasteiger partial charge in [0.25, 0.3) is 0 Å². The van der Waals surface area contributed by atoms with Crippen molar-refractivity contribution in [3.05, 3.63) is 42.1 Å². The first-order chi connectivity index (χ1) is 12.0. The molecule has 0 atom stereocenters. The van der Waals surface area contributed by atoms with Crippen LogP contribution in [0.15, 0.2) is 36.5 Å². The van der Waals surface area contributed by atoms with Gasteiger partial charge in [0.15, 0.2) is 5.75 Å². The van der Waals surface area contributed by atoms with Gasteiger partial charge in [0.2, 0.25) is 5.95 Å². The Hall–Kier alpha value is -3.55. The normalized spacial score (nSPS) is 10.5. The van der Waals surface area contributed by atoms with Crippen LogP contribution in [-0.2, 0) is 0 Å². The van der Waals surface area contributed by atoms with Crippen molar-refractivity contribution in [2.75, 3.05) is 12.8 Å². The number of carbonyl (C=O) groups is 1. The molecular formula is C17H17N5O3. The van der Waals surface area contributed by atoms with Gasteiger partial charge in [-0.15, -0.1) is 0 Å². The highest BCUT2D eigenvalue weighted by molar-refractivity contribution is 5.80. The van der Waals surface area contributed by atoms with Crippen LogP contribution in [0, 0.1) is 6.92 Å². The van der Waals surface area contributed by atoms with Crippen molar-refractivity contribution in [2.45, 2.75) is 6.92 Å². The summed E-state index contributed by atoms with van der Waals surface area (Å²) in [5.74, 6) is 1.14. The molecule has 0 fully saturated rings. The van der Waals surface area contributed by atoms with Gasteiger partial charge in [-0.25, -0.2) is 14.8 Å². The standard InChI is InChI=1S/C17H17N5O3/c1-9-10(4-3-5-13(9)24-2)15-14(25-17(19)23)8-12(21-15)11-6-7-20-16(18)22-11/h3-8,21H,1-2H3,(H2,19,23)(H2,18,20,22). The van der Waals surface area contributed by atoms with E-state index in [2.05, 4.69) is 15.0 Å². The molecule has 0 aliphatic rings. The molecule has 0 aliphatic carbocycles. The lowest BCUT2D eigenvalue weighted by Gasteiger charge is -2.10. The predicted molar refractivity (Wildman–Crippen MR) is 93.2 cm³/mol. The number of nitrogens with two attached hydrogens (primary N) is 2. The van der Waals surface area contributed by atoms with Crippen molar-refractivity contribution in [3.63, 3.8) is 0 Å². The minimum atomic E-state index is -0.908. The second kappa shape index (κ2) is 6.52. The second-order valence-corrected chi connectivity index (χ2v) is 5.28. The number of anilines is 1. The lowest BCUT2D eigenvalue weighted by Crippen LogP contribution is -2.16. The van der Waals surface area contributed by atoms with Gasteiger partial charge < -0.3 is 25.9 Å². The van der Waals surface area contributed by atoms with E-state index >= 15 is 0 Å². The highest BCUT2D eigenvalue weighted by atomic mass is 16.5. The van der Waals surface area contributed by atoms with Crippen molar-refractivity contribution in [1.82, 2.24) is 15.0 Å². The molecule has 1 aromatic carbocycles. The molecule has 8 heteroatoms. The van der Waals surface area contributed by atoms with Crippen molar-refractivity contribution < 1.29 is 14.3 Å². The number of rotatable bonds is 4. The molecule has 0 saturated carbocycles. The number of hydrogen-bond acceptors (Lipinski definition) is 6. The monoisotopic (exact) mass is 339 g/mol. The third-order valence-corrected chi connectivity index (χ3v) is 3.72. The molecule has 1 amide bonds. The van der Waals surface area contributed by atoms with Crippen LogP contribution in [0.4, 0.5) is 10.7 Å². The number of nitrogens with one attached hydrogen (secondary N) is 1. The van der Waals surface area contributed by atoms with Crippen LogP contribution in [0.3, 0.4) is 0 Å². The Bertz CT molecular complexity index is 936. The third-order valence-electron chi connectivity index (χ3n) is 3.72. The fraction of sp³-hybridized carbons (Fsp3) is 0.118. The van der Waals surface area contributed by atoms with Crippen LogP contribution >= 0.6 is 0 Å². The number of aromatic amines is 1. The molecule has 2 heterocycles. The van der Waals surface area contributed by atoms with Gasteiger partial charge in [-0.05, 0) is 19.1 Å². The maximum atomic E-state index is 11.3.